The van der Waals surface area contributed by atoms with Gasteiger partial charge in [-0.2, -0.15) is 0 Å². The SMILES string of the molecule is CCCCCCC/C=C\C/C=C\CCCCCCCCCCCCCCCCCCCCCCCCCCCCCCCC(=O)NC(COP(=O)([O-])OCC[N+](C)(C)C)C(O)/C=C/CC/C=C/CC/C=C/CCCCCCCCC. The molecular formula is C71H135N2O6P. The summed E-state index contributed by atoms with van der Waals surface area (Å²) in [4.78, 5) is 25.5. The first-order chi connectivity index (χ1) is 39.0. The zero-order valence-corrected chi connectivity index (χ0v) is 54.7. The van der Waals surface area contributed by atoms with Gasteiger partial charge in [0.1, 0.15) is 13.2 Å². The molecule has 470 valence electrons. The second-order valence-electron chi connectivity index (χ2n) is 24.9. The molecule has 2 N–H and O–H groups in total. The molecule has 0 saturated heterocycles. The number of carbonyl (C=O) groups is 1. The molecule has 80 heavy (non-hydrogen) atoms. The number of phosphoric acid groups is 1. The zero-order valence-electron chi connectivity index (χ0n) is 53.8. The summed E-state index contributed by atoms with van der Waals surface area (Å²) in [5.74, 6) is -0.206. The monoisotopic (exact) mass is 1140 g/mol. The quantitative estimate of drug-likeness (QED) is 0.0272. The molecule has 0 aliphatic heterocycles. The second kappa shape index (κ2) is 61.8. The van der Waals surface area contributed by atoms with Crippen LogP contribution in [0.2, 0.25) is 0 Å². The summed E-state index contributed by atoms with van der Waals surface area (Å²) in [5, 5.41) is 13.9. The normalized spacial score (nSPS) is 14.0. The van der Waals surface area contributed by atoms with Crippen molar-refractivity contribution >= 4 is 13.7 Å². The number of rotatable bonds is 64. The molecule has 3 atom stereocenters. The van der Waals surface area contributed by atoms with Gasteiger partial charge in [-0.3, -0.25) is 9.36 Å². The van der Waals surface area contributed by atoms with Crippen LogP contribution in [-0.2, 0) is 18.4 Å². The number of quaternary nitrogens is 1. The largest absolute Gasteiger partial charge is 0.756 e. The molecule has 0 aliphatic rings. The minimum Gasteiger partial charge on any atom is -0.756 e. The highest BCUT2D eigenvalue weighted by Gasteiger charge is 2.23. The van der Waals surface area contributed by atoms with E-state index in [9.17, 15) is 19.4 Å². The van der Waals surface area contributed by atoms with Crippen molar-refractivity contribution in [1.82, 2.24) is 5.32 Å². The molecule has 0 aromatic rings. The Hall–Kier alpha value is -1.80. The number of amides is 1. The summed E-state index contributed by atoms with van der Waals surface area (Å²) in [6.07, 6.45) is 85.1. The van der Waals surface area contributed by atoms with Crippen molar-refractivity contribution in [2.45, 2.75) is 347 Å². The standard InChI is InChI=1S/C71H135N2O6P/c1-6-8-10-12-14-16-18-20-22-24-25-26-27-28-29-30-31-32-33-34-35-36-37-38-39-40-41-42-43-44-45-46-47-49-51-53-55-57-59-61-63-65-71(75)72-69(68-79-80(76,77)78-67-66-73(3,4)5)70(74)64-62-60-58-56-54-52-50-48-23-21-19-17-15-13-11-9-7-2/h18,20,23-25,48,54,56,62,64,69-70,74H,6-17,19,21-22,26-47,49-53,55,57-61,63,65-68H2,1-5H3,(H-,72,75,76,77)/b20-18-,25-24-,48-23+,56-54+,64-62+. The zero-order chi connectivity index (χ0) is 58.4. The minimum absolute atomic E-state index is 0.00845. The Bertz CT molecular complexity index is 1490. The lowest BCUT2D eigenvalue weighted by Gasteiger charge is -2.29. The molecular weight excluding hydrogens is 1010 g/mol. The Kier molecular flexibility index (Phi) is 60.4. The van der Waals surface area contributed by atoms with Crippen LogP contribution in [0.3, 0.4) is 0 Å². The van der Waals surface area contributed by atoms with Gasteiger partial charge >= 0.3 is 0 Å². The lowest BCUT2D eigenvalue weighted by atomic mass is 10.0. The number of nitrogens with zero attached hydrogens (tertiary/aromatic N) is 1. The molecule has 0 spiro atoms. The summed E-state index contributed by atoms with van der Waals surface area (Å²) in [6, 6.07) is -0.910. The maximum Gasteiger partial charge on any atom is 0.268 e. The number of likely N-dealkylation sites (N-methyl/N-ethyl adjacent to an activating group) is 1. The average molecular weight is 1140 g/mol. The molecule has 0 bridgehead atoms. The van der Waals surface area contributed by atoms with E-state index in [1.165, 1.54) is 263 Å². The summed E-state index contributed by atoms with van der Waals surface area (Å²) in [5.41, 5.74) is 0. The first kappa shape index (κ1) is 78.2. The van der Waals surface area contributed by atoms with Crippen molar-refractivity contribution in [2.75, 3.05) is 40.9 Å². The van der Waals surface area contributed by atoms with Crippen LogP contribution in [0.15, 0.2) is 60.8 Å². The fourth-order valence-corrected chi connectivity index (χ4v) is 11.0. The minimum atomic E-state index is -4.61. The summed E-state index contributed by atoms with van der Waals surface area (Å²) >= 11 is 0. The maximum atomic E-state index is 13.0. The van der Waals surface area contributed by atoms with E-state index in [1.54, 1.807) is 6.08 Å². The third-order valence-electron chi connectivity index (χ3n) is 15.7. The molecule has 0 aromatic carbocycles. The van der Waals surface area contributed by atoms with Gasteiger partial charge in [0.05, 0.1) is 39.9 Å². The van der Waals surface area contributed by atoms with E-state index in [4.69, 9.17) is 9.05 Å². The Morgan fingerprint density at radius 3 is 1.09 bits per heavy atom. The Morgan fingerprint density at radius 1 is 0.438 bits per heavy atom. The summed E-state index contributed by atoms with van der Waals surface area (Å²) in [7, 11) is 1.24. The number of hydrogen-bond acceptors (Lipinski definition) is 6. The van der Waals surface area contributed by atoms with Crippen LogP contribution in [0, 0.1) is 0 Å². The Balaban J connectivity index is 3.91. The van der Waals surface area contributed by atoms with Crippen molar-refractivity contribution < 1.29 is 32.9 Å². The second-order valence-corrected chi connectivity index (χ2v) is 26.3. The van der Waals surface area contributed by atoms with Crippen molar-refractivity contribution in [1.29, 1.82) is 0 Å². The number of nitrogens with one attached hydrogen (secondary N) is 1. The van der Waals surface area contributed by atoms with Gasteiger partial charge in [0.2, 0.25) is 5.91 Å². The first-order valence-corrected chi connectivity index (χ1v) is 36.1. The molecule has 3 unspecified atom stereocenters. The molecule has 0 aliphatic carbocycles. The van der Waals surface area contributed by atoms with E-state index in [0.717, 1.165) is 51.4 Å². The fourth-order valence-electron chi connectivity index (χ4n) is 10.3. The third-order valence-corrected chi connectivity index (χ3v) is 16.6. The first-order valence-electron chi connectivity index (χ1n) is 34.7. The molecule has 8 nitrogen and oxygen atoms in total. The van der Waals surface area contributed by atoms with E-state index < -0.39 is 26.6 Å². The fraction of sp³-hybridized carbons (Fsp3) is 0.845. The smallest absolute Gasteiger partial charge is 0.268 e. The van der Waals surface area contributed by atoms with Gasteiger partial charge < -0.3 is 28.8 Å². The van der Waals surface area contributed by atoms with Gasteiger partial charge in [0.25, 0.3) is 7.82 Å². The maximum absolute atomic E-state index is 13.0. The van der Waals surface area contributed by atoms with Crippen molar-refractivity contribution in [3.8, 4) is 0 Å². The van der Waals surface area contributed by atoms with Gasteiger partial charge in [0, 0.05) is 6.42 Å². The Morgan fingerprint density at radius 2 is 0.738 bits per heavy atom. The highest BCUT2D eigenvalue weighted by atomic mass is 31.2. The highest BCUT2D eigenvalue weighted by molar-refractivity contribution is 7.45. The molecule has 0 rings (SSSR count). The third kappa shape index (κ3) is 63.8. The van der Waals surface area contributed by atoms with Gasteiger partial charge in [-0.05, 0) is 77.0 Å². The predicted molar refractivity (Wildman–Crippen MR) is 348 cm³/mol. The molecule has 0 saturated carbocycles. The van der Waals surface area contributed by atoms with Crippen LogP contribution in [0.1, 0.15) is 335 Å². The number of aliphatic hydroxyl groups is 1. The van der Waals surface area contributed by atoms with E-state index in [0.29, 0.717) is 17.4 Å². The van der Waals surface area contributed by atoms with E-state index >= 15 is 0 Å². The molecule has 0 fully saturated rings. The predicted octanol–water partition coefficient (Wildman–Crippen LogP) is 21.4. The van der Waals surface area contributed by atoms with Gasteiger partial charge in [-0.25, -0.2) is 0 Å². The van der Waals surface area contributed by atoms with Gasteiger partial charge in [-0.15, -0.1) is 0 Å². The Labute approximate surface area is 498 Å². The van der Waals surface area contributed by atoms with Crippen LogP contribution in [0.25, 0.3) is 0 Å². The molecule has 0 radical (unpaired) electrons. The van der Waals surface area contributed by atoms with Crippen LogP contribution < -0.4 is 10.2 Å². The molecule has 9 heteroatoms. The molecule has 1 amide bonds. The number of phosphoric ester groups is 1. The van der Waals surface area contributed by atoms with E-state index in [1.807, 2.05) is 27.2 Å². The van der Waals surface area contributed by atoms with Crippen molar-refractivity contribution in [3.63, 3.8) is 0 Å². The van der Waals surface area contributed by atoms with E-state index in [-0.39, 0.29) is 12.5 Å². The summed E-state index contributed by atoms with van der Waals surface area (Å²) in [6.45, 7) is 4.63. The topological polar surface area (TPSA) is 108 Å². The number of allylic oxidation sites excluding steroid dienone is 9. The van der Waals surface area contributed by atoms with Crippen molar-refractivity contribution in [2.24, 2.45) is 0 Å². The average Bonchev–Trinajstić information content (AvgIpc) is 3.42. The molecule has 0 heterocycles. The van der Waals surface area contributed by atoms with Gasteiger partial charge in [-0.1, -0.05) is 312 Å². The highest BCUT2D eigenvalue weighted by Crippen LogP contribution is 2.38. The van der Waals surface area contributed by atoms with Gasteiger partial charge in [0.15, 0.2) is 0 Å². The van der Waals surface area contributed by atoms with Crippen LogP contribution in [0.4, 0.5) is 0 Å². The van der Waals surface area contributed by atoms with Crippen LogP contribution >= 0.6 is 7.82 Å². The van der Waals surface area contributed by atoms with Crippen LogP contribution in [-0.4, -0.2) is 68.5 Å². The lowest BCUT2D eigenvalue weighted by Crippen LogP contribution is -2.45. The summed E-state index contributed by atoms with van der Waals surface area (Å²) < 4.78 is 23.4. The van der Waals surface area contributed by atoms with E-state index in [2.05, 4.69) is 67.8 Å². The number of carbonyl (C=O) groups excluding carboxylic acids is 1. The van der Waals surface area contributed by atoms with Crippen LogP contribution in [0.5, 0.6) is 0 Å². The number of hydrogen-bond donors (Lipinski definition) is 2. The molecule has 0 aromatic heterocycles. The van der Waals surface area contributed by atoms with Crippen molar-refractivity contribution in [3.05, 3.63) is 60.8 Å². The lowest BCUT2D eigenvalue weighted by molar-refractivity contribution is -0.870. The number of unbranched alkanes of at least 4 members (excludes halogenated alkanes) is 43. The number of aliphatic hydroxyl groups excluding tert-OH is 1.